The van der Waals surface area contributed by atoms with Gasteiger partial charge in [0, 0.05) is 31.7 Å². The lowest BCUT2D eigenvalue weighted by atomic mass is 10.2. The number of ether oxygens (including phenoxy) is 1. The van der Waals surface area contributed by atoms with E-state index < -0.39 is 0 Å². The lowest BCUT2D eigenvalue weighted by Gasteiger charge is -2.34. The molecule has 2 amide bonds. The zero-order valence-corrected chi connectivity index (χ0v) is 11.3. The molecule has 6 heteroatoms. The topological polar surface area (TPSA) is 49.9 Å². The minimum atomic E-state index is -0.367. The Balaban J connectivity index is 1.92. The van der Waals surface area contributed by atoms with Crippen LogP contribution in [0.5, 0.6) is 0 Å². The second-order valence-corrected chi connectivity index (χ2v) is 4.49. The average molecular weight is 280 g/mol. The maximum atomic E-state index is 12.8. The molecule has 1 saturated heterocycles. The molecular weight excluding hydrogens is 263 g/mol. The molecule has 1 fully saturated rings. The Labute approximate surface area is 116 Å². The van der Waals surface area contributed by atoms with Crippen molar-refractivity contribution >= 4 is 12.0 Å². The Kier molecular flexibility index (Phi) is 4.55. The van der Waals surface area contributed by atoms with Gasteiger partial charge in [0.15, 0.2) is 0 Å². The zero-order valence-electron chi connectivity index (χ0n) is 11.3. The van der Waals surface area contributed by atoms with Crippen molar-refractivity contribution in [1.82, 2.24) is 9.80 Å². The molecule has 1 heterocycles. The molecular formula is C14H17FN2O3. The van der Waals surface area contributed by atoms with Crippen LogP contribution in [0, 0.1) is 5.82 Å². The van der Waals surface area contributed by atoms with Crippen LogP contribution in [0.4, 0.5) is 9.18 Å². The normalized spacial score (nSPS) is 15.1. The molecule has 2 rings (SSSR count). The van der Waals surface area contributed by atoms with Gasteiger partial charge in [-0.25, -0.2) is 9.18 Å². The highest BCUT2D eigenvalue weighted by molar-refractivity contribution is 5.94. The van der Waals surface area contributed by atoms with Crippen LogP contribution in [0.15, 0.2) is 24.3 Å². The first kappa shape index (κ1) is 14.3. The number of carbonyl (C=O) groups excluding carboxylic acids is 2. The number of nitrogens with zero attached hydrogens (tertiary/aromatic N) is 2. The first-order chi connectivity index (χ1) is 9.61. The Morgan fingerprint density at radius 2 is 1.65 bits per heavy atom. The van der Waals surface area contributed by atoms with E-state index in [2.05, 4.69) is 0 Å². The van der Waals surface area contributed by atoms with E-state index in [1.54, 1.807) is 16.7 Å². The number of benzene rings is 1. The second-order valence-electron chi connectivity index (χ2n) is 4.49. The first-order valence-electron chi connectivity index (χ1n) is 6.58. The predicted molar refractivity (Wildman–Crippen MR) is 70.9 cm³/mol. The summed E-state index contributed by atoms with van der Waals surface area (Å²) < 4.78 is 17.7. The van der Waals surface area contributed by atoms with Crippen LogP contribution in [0.3, 0.4) is 0 Å². The van der Waals surface area contributed by atoms with Crippen molar-refractivity contribution in [3.63, 3.8) is 0 Å². The van der Waals surface area contributed by atoms with Crippen molar-refractivity contribution < 1.29 is 18.7 Å². The van der Waals surface area contributed by atoms with Crippen molar-refractivity contribution in [2.75, 3.05) is 32.8 Å². The van der Waals surface area contributed by atoms with Crippen LogP contribution < -0.4 is 0 Å². The third kappa shape index (κ3) is 3.26. The van der Waals surface area contributed by atoms with Gasteiger partial charge in [-0.05, 0) is 31.2 Å². The lowest BCUT2D eigenvalue weighted by molar-refractivity contribution is 0.0570. The summed E-state index contributed by atoms with van der Waals surface area (Å²) in [6.45, 7) is 3.90. The van der Waals surface area contributed by atoms with Crippen LogP contribution in [0.1, 0.15) is 17.3 Å². The van der Waals surface area contributed by atoms with Gasteiger partial charge >= 0.3 is 6.09 Å². The fourth-order valence-electron chi connectivity index (χ4n) is 2.08. The number of piperazine rings is 1. The van der Waals surface area contributed by atoms with Gasteiger partial charge in [-0.3, -0.25) is 4.79 Å². The van der Waals surface area contributed by atoms with Crippen LogP contribution in [0.2, 0.25) is 0 Å². The maximum absolute atomic E-state index is 12.8. The van der Waals surface area contributed by atoms with Gasteiger partial charge in [0.05, 0.1) is 6.61 Å². The Morgan fingerprint density at radius 3 is 2.20 bits per heavy atom. The van der Waals surface area contributed by atoms with Crippen molar-refractivity contribution in [3.05, 3.63) is 35.6 Å². The average Bonchev–Trinajstić information content (AvgIpc) is 2.48. The molecule has 0 aliphatic carbocycles. The van der Waals surface area contributed by atoms with Gasteiger partial charge < -0.3 is 14.5 Å². The molecule has 0 unspecified atom stereocenters. The quantitative estimate of drug-likeness (QED) is 0.829. The van der Waals surface area contributed by atoms with E-state index in [9.17, 15) is 14.0 Å². The van der Waals surface area contributed by atoms with Crippen LogP contribution in [-0.4, -0.2) is 54.6 Å². The molecule has 0 radical (unpaired) electrons. The molecule has 1 aromatic rings. The fourth-order valence-corrected chi connectivity index (χ4v) is 2.08. The van der Waals surface area contributed by atoms with Gasteiger partial charge in [0.2, 0.25) is 0 Å². The van der Waals surface area contributed by atoms with E-state index in [4.69, 9.17) is 4.74 Å². The summed E-state index contributed by atoms with van der Waals surface area (Å²) in [5.74, 6) is -0.512. The first-order valence-corrected chi connectivity index (χ1v) is 6.58. The van der Waals surface area contributed by atoms with Gasteiger partial charge in [0.1, 0.15) is 5.82 Å². The Hall–Kier alpha value is -2.11. The largest absolute Gasteiger partial charge is 0.450 e. The molecule has 0 saturated carbocycles. The van der Waals surface area contributed by atoms with Crippen molar-refractivity contribution in [3.8, 4) is 0 Å². The minimum Gasteiger partial charge on any atom is -0.450 e. The number of rotatable bonds is 2. The second kappa shape index (κ2) is 6.36. The van der Waals surface area contributed by atoms with E-state index in [-0.39, 0.29) is 17.8 Å². The highest BCUT2D eigenvalue weighted by Gasteiger charge is 2.25. The number of carbonyl (C=O) groups is 2. The molecule has 0 aromatic heterocycles. The monoisotopic (exact) mass is 280 g/mol. The molecule has 0 N–H and O–H groups in total. The SMILES string of the molecule is CCOC(=O)N1CCN(C(=O)c2ccc(F)cc2)CC1. The molecule has 1 aromatic carbocycles. The summed E-state index contributed by atoms with van der Waals surface area (Å²) in [6.07, 6.45) is -0.346. The summed E-state index contributed by atoms with van der Waals surface area (Å²) in [4.78, 5) is 27.0. The summed E-state index contributed by atoms with van der Waals surface area (Å²) in [6, 6.07) is 5.47. The third-order valence-electron chi connectivity index (χ3n) is 3.18. The number of halogens is 1. The smallest absolute Gasteiger partial charge is 0.409 e. The molecule has 0 atom stereocenters. The van der Waals surface area contributed by atoms with E-state index in [0.29, 0.717) is 38.3 Å². The molecule has 0 spiro atoms. The van der Waals surface area contributed by atoms with Gasteiger partial charge in [0.25, 0.3) is 5.91 Å². The summed E-state index contributed by atoms with van der Waals surface area (Å²) >= 11 is 0. The molecule has 5 nitrogen and oxygen atoms in total. The third-order valence-corrected chi connectivity index (χ3v) is 3.18. The van der Waals surface area contributed by atoms with E-state index in [1.165, 1.54) is 24.3 Å². The highest BCUT2D eigenvalue weighted by Crippen LogP contribution is 2.10. The van der Waals surface area contributed by atoms with Crippen LogP contribution in [-0.2, 0) is 4.74 Å². The summed E-state index contributed by atoms with van der Waals surface area (Å²) in [5.41, 5.74) is 0.455. The van der Waals surface area contributed by atoms with Crippen LogP contribution in [0.25, 0.3) is 0 Å². The van der Waals surface area contributed by atoms with Gasteiger partial charge in [-0.2, -0.15) is 0 Å². The summed E-state index contributed by atoms with van der Waals surface area (Å²) in [5, 5.41) is 0. The van der Waals surface area contributed by atoms with E-state index in [0.717, 1.165) is 0 Å². The lowest BCUT2D eigenvalue weighted by Crippen LogP contribution is -2.50. The highest BCUT2D eigenvalue weighted by atomic mass is 19.1. The molecule has 1 aliphatic heterocycles. The molecule has 0 bridgehead atoms. The molecule has 20 heavy (non-hydrogen) atoms. The van der Waals surface area contributed by atoms with E-state index in [1.807, 2.05) is 0 Å². The fraction of sp³-hybridized carbons (Fsp3) is 0.429. The Morgan fingerprint density at radius 1 is 1.10 bits per heavy atom. The van der Waals surface area contributed by atoms with Crippen molar-refractivity contribution in [2.45, 2.75) is 6.92 Å². The number of hydrogen-bond donors (Lipinski definition) is 0. The maximum Gasteiger partial charge on any atom is 0.409 e. The zero-order chi connectivity index (χ0) is 14.5. The standard InChI is InChI=1S/C14H17FN2O3/c1-2-20-14(19)17-9-7-16(8-10-17)13(18)11-3-5-12(15)6-4-11/h3-6H,2,7-10H2,1H3. The van der Waals surface area contributed by atoms with E-state index >= 15 is 0 Å². The van der Waals surface area contributed by atoms with Crippen molar-refractivity contribution in [2.24, 2.45) is 0 Å². The molecule has 108 valence electrons. The summed E-state index contributed by atoms with van der Waals surface area (Å²) in [7, 11) is 0. The van der Waals surface area contributed by atoms with Crippen LogP contribution >= 0.6 is 0 Å². The van der Waals surface area contributed by atoms with Crippen molar-refractivity contribution in [1.29, 1.82) is 0 Å². The Bertz CT molecular complexity index is 482. The minimum absolute atomic E-state index is 0.145. The number of amides is 2. The number of hydrogen-bond acceptors (Lipinski definition) is 3. The van der Waals surface area contributed by atoms with Gasteiger partial charge in [-0.15, -0.1) is 0 Å². The predicted octanol–water partition coefficient (Wildman–Crippen LogP) is 1.74. The molecule has 1 aliphatic rings. The van der Waals surface area contributed by atoms with Gasteiger partial charge in [-0.1, -0.05) is 0 Å².